The number of carbonyl (C=O) groups is 2. The van der Waals surface area contributed by atoms with Gasteiger partial charge in [0.2, 0.25) is 5.91 Å². The summed E-state index contributed by atoms with van der Waals surface area (Å²) in [6.45, 7) is 7.73. The van der Waals surface area contributed by atoms with E-state index in [0.29, 0.717) is 17.8 Å². The zero-order valence-electron chi connectivity index (χ0n) is 19.3. The van der Waals surface area contributed by atoms with Gasteiger partial charge < -0.3 is 20.4 Å². The molecule has 1 fully saturated rings. The molecule has 6 heteroatoms. The van der Waals surface area contributed by atoms with E-state index in [9.17, 15) is 9.59 Å². The van der Waals surface area contributed by atoms with Crippen molar-refractivity contribution < 1.29 is 9.59 Å². The first-order chi connectivity index (χ1) is 14.5. The maximum atomic E-state index is 13.0. The van der Waals surface area contributed by atoms with Gasteiger partial charge in [-0.15, -0.1) is 0 Å². The highest BCUT2D eigenvalue weighted by atomic mass is 16.2. The first-order valence-corrected chi connectivity index (χ1v) is 11.6. The molecule has 2 amide bonds. The van der Waals surface area contributed by atoms with Crippen LogP contribution in [0, 0.1) is 5.92 Å². The summed E-state index contributed by atoms with van der Waals surface area (Å²) in [7, 11) is 4.06. The minimum atomic E-state index is -0.0650. The summed E-state index contributed by atoms with van der Waals surface area (Å²) < 4.78 is 0. The molecule has 0 spiro atoms. The first kappa shape index (κ1) is 24.2. The van der Waals surface area contributed by atoms with E-state index in [-0.39, 0.29) is 17.7 Å². The van der Waals surface area contributed by atoms with Crippen molar-refractivity contribution in [2.75, 3.05) is 50.5 Å². The van der Waals surface area contributed by atoms with Gasteiger partial charge in [0.05, 0.1) is 5.56 Å². The molecule has 0 saturated carbocycles. The Bertz CT molecular complexity index is 684. The van der Waals surface area contributed by atoms with Crippen molar-refractivity contribution in [3.05, 3.63) is 23.8 Å². The van der Waals surface area contributed by atoms with Crippen LogP contribution in [0.15, 0.2) is 18.2 Å². The molecule has 1 unspecified atom stereocenters. The van der Waals surface area contributed by atoms with Crippen LogP contribution in [0.2, 0.25) is 0 Å². The van der Waals surface area contributed by atoms with Gasteiger partial charge in [0.25, 0.3) is 5.91 Å². The fourth-order valence-electron chi connectivity index (χ4n) is 3.94. The SMILES string of the molecule is CCCCC(CC)C(=O)Nc1ccc(N2CCCC2)c(C(=O)NCCCN(C)C)c1. The van der Waals surface area contributed by atoms with Crippen LogP contribution in [0.4, 0.5) is 11.4 Å². The number of nitrogens with one attached hydrogen (secondary N) is 2. The van der Waals surface area contributed by atoms with Crippen molar-refractivity contribution in [1.29, 1.82) is 0 Å². The smallest absolute Gasteiger partial charge is 0.253 e. The lowest BCUT2D eigenvalue weighted by Gasteiger charge is -2.22. The quantitative estimate of drug-likeness (QED) is 0.503. The Hall–Kier alpha value is -2.08. The highest BCUT2D eigenvalue weighted by Gasteiger charge is 2.21. The Labute approximate surface area is 182 Å². The molecule has 0 aromatic heterocycles. The van der Waals surface area contributed by atoms with Gasteiger partial charge in [0.15, 0.2) is 0 Å². The Morgan fingerprint density at radius 2 is 1.87 bits per heavy atom. The summed E-state index contributed by atoms with van der Waals surface area (Å²) in [5.41, 5.74) is 2.33. The van der Waals surface area contributed by atoms with Gasteiger partial charge in [-0.2, -0.15) is 0 Å². The number of carbonyl (C=O) groups excluding carboxylic acids is 2. The van der Waals surface area contributed by atoms with Gasteiger partial charge in [-0.1, -0.05) is 26.7 Å². The fraction of sp³-hybridized carbons (Fsp3) is 0.667. The van der Waals surface area contributed by atoms with E-state index in [1.807, 2.05) is 32.3 Å². The van der Waals surface area contributed by atoms with E-state index in [1.165, 1.54) is 0 Å². The summed E-state index contributed by atoms with van der Waals surface area (Å²) in [6.07, 6.45) is 7.09. The molecule has 1 heterocycles. The first-order valence-electron chi connectivity index (χ1n) is 11.6. The van der Waals surface area contributed by atoms with E-state index in [4.69, 9.17) is 0 Å². The number of amides is 2. The second-order valence-corrected chi connectivity index (χ2v) is 8.58. The summed E-state index contributed by atoms with van der Waals surface area (Å²) in [4.78, 5) is 30.1. The zero-order valence-corrected chi connectivity index (χ0v) is 19.3. The lowest BCUT2D eigenvalue weighted by molar-refractivity contribution is -0.120. The Morgan fingerprint density at radius 1 is 1.13 bits per heavy atom. The maximum absolute atomic E-state index is 13.0. The molecule has 1 aliphatic rings. The molecular weight excluding hydrogens is 376 g/mol. The second-order valence-electron chi connectivity index (χ2n) is 8.58. The maximum Gasteiger partial charge on any atom is 0.253 e. The van der Waals surface area contributed by atoms with E-state index < -0.39 is 0 Å². The molecule has 30 heavy (non-hydrogen) atoms. The molecule has 2 N–H and O–H groups in total. The zero-order chi connectivity index (χ0) is 21.9. The van der Waals surface area contributed by atoms with Crippen LogP contribution < -0.4 is 15.5 Å². The second kappa shape index (κ2) is 12.6. The molecule has 1 aromatic rings. The number of hydrogen-bond acceptors (Lipinski definition) is 4. The molecule has 2 rings (SSSR count). The van der Waals surface area contributed by atoms with Gasteiger partial charge in [0, 0.05) is 36.9 Å². The molecule has 6 nitrogen and oxygen atoms in total. The fourth-order valence-corrected chi connectivity index (χ4v) is 3.94. The topological polar surface area (TPSA) is 64.7 Å². The third-order valence-electron chi connectivity index (χ3n) is 5.79. The van der Waals surface area contributed by atoms with Crippen LogP contribution in [0.5, 0.6) is 0 Å². The summed E-state index contributed by atoms with van der Waals surface area (Å²) >= 11 is 0. The number of rotatable bonds is 12. The molecular formula is C24H40N4O2. The molecule has 0 bridgehead atoms. The average molecular weight is 417 g/mol. The predicted octanol–water partition coefficient (Wildman–Crippen LogP) is 4.12. The Morgan fingerprint density at radius 3 is 2.50 bits per heavy atom. The minimum absolute atomic E-state index is 0.0199. The third kappa shape index (κ3) is 7.31. The highest BCUT2D eigenvalue weighted by Crippen LogP contribution is 2.28. The Kier molecular flexibility index (Phi) is 10.1. The molecule has 0 aliphatic carbocycles. The van der Waals surface area contributed by atoms with Crippen molar-refractivity contribution in [3.63, 3.8) is 0 Å². The third-order valence-corrected chi connectivity index (χ3v) is 5.79. The lowest BCUT2D eigenvalue weighted by Crippen LogP contribution is -2.30. The number of hydrogen-bond donors (Lipinski definition) is 2. The van der Waals surface area contributed by atoms with Crippen molar-refractivity contribution >= 4 is 23.2 Å². The number of anilines is 2. The van der Waals surface area contributed by atoms with Crippen LogP contribution in [-0.2, 0) is 4.79 Å². The van der Waals surface area contributed by atoms with Crippen molar-refractivity contribution in [2.45, 2.75) is 58.8 Å². The predicted molar refractivity (Wildman–Crippen MR) is 125 cm³/mol. The molecule has 1 aromatic carbocycles. The summed E-state index contributed by atoms with van der Waals surface area (Å²) in [6, 6.07) is 5.77. The molecule has 1 atom stereocenters. The van der Waals surface area contributed by atoms with Crippen molar-refractivity contribution in [1.82, 2.24) is 10.2 Å². The van der Waals surface area contributed by atoms with Crippen molar-refractivity contribution in [3.8, 4) is 0 Å². The average Bonchev–Trinajstić information content (AvgIpc) is 3.26. The van der Waals surface area contributed by atoms with Gasteiger partial charge in [-0.25, -0.2) is 0 Å². The Balaban J connectivity index is 2.13. The van der Waals surface area contributed by atoms with Crippen LogP contribution in [0.3, 0.4) is 0 Å². The normalized spacial score (nSPS) is 14.8. The summed E-state index contributed by atoms with van der Waals surface area (Å²) in [5, 5.41) is 6.11. The van der Waals surface area contributed by atoms with Gasteiger partial charge in [0.1, 0.15) is 0 Å². The molecule has 1 aliphatic heterocycles. The molecule has 1 saturated heterocycles. The minimum Gasteiger partial charge on any atom is -0.371 e. The standard InChI is InChI=1S/C24H40N4O2/c1-5-7-11-19(6-2)23(29)26-20-12-13-22(28-16-8-9-17-28)21(18-20)24(30)25-14-10-15-27(3)4/h12-13,18-19H,5-11,14-17H2,1-4H3,(H,25,30)(H,26,29). The molecule has 168 valence electrons. The van der Waals surface area contributed by atoms with Gasteiger partial charge in [-0.05, 0) is 70.9 Å². The number of benzene rings is 1. The largest absolute Gasteiger partial charge is 0.371 e. The van der Waals surface area contributed by atoms with E-state index >= 15 is 0 Å². The van der Waals surface area contributed by atoms with Gasteiger partial charge in [-0.3, -0.25) is 9.59 Å². The van der Waals surface area contributed by atoms with Crippen LogP contribution in [0.1, 0.15) is 69.2 Å². The monoisotopic (exact) mass is 416 g/mol. The van der Waals surface area contributed by atoms with E-state index in [2.05, 4.69) is 34.3 Å². The van der Waals surface area contributed by atoms with Crippen LogP contribution in [0.25, 0.3) is 0 Å². The van der Waals surface area contributed by atoms with Crippen molar-refractivity contribution in [2.24, 2.45) is 5.92 Å². The molecule has 0 radical (unpaired) electrons. The number of unbranched alkanes of at least 4 members (excludes halogenated alkanes) is 1. The lowest BCUT2D eigenvalue weighted by atomic mass is 9.98. The van der Waals surface area contributed by atoms with E-state index in [0.717, 1.165) is 70.3 Å². The summed E-state index contributed by atoms with van der Waals surface area (Å²) in [5.74, 6) is 0.00788. The van der Waals surface area contributed by atoms with Crippen LogP contribution >= 0.6 is 0 Å². The number of nitrogens with zero attached hydrogens (tertiary/aromatic N) is 2. The van der Waals surface area contributed by atoms with E-state index in [1.54, 1.807) is 0 Å². The van der Waals surface area contributed by atoms with Gasteiger partial charge >= 0.3 is 0 Å². The van der Waals surface area contributed by atoms with Crippen LogP contribution in [-0.4, -0.2) is 57.0 Å². The highest BCUT2D eigenvalue weighted by molar-refractivity contribution is 6.02.